The maximum Gasteiger partial charge on any atom is 0.174 e. The number of carbonyl (C=O) groups excluding carboxylic acids is 2. The Morgan fingerprint density at radius 2 is 1.65 bits per heavy atom. The Kier molecular flexibility index (Phi) is 9.53. The first-order valence-corrected chi connectivity index (χ1v) is 15.5. The number of hydrogen-bond acceptors (Lipinski definition) is 6. The summed E-state index contributed by atoms with van der Waals surface area (Å²) in [6, 6.07) is 11.6. The summed E-state index contributed by atoms with van der Waals surface area (Å²) in [6.45, 7) is 4.08. The van der Waals surface area contributed by atoms with Gasteiger partial charge >= 0.3 is 0 Å². The Hall–Kier alpha value is -2.36. The van der Waals surface area contributed by atoms with E-state index in [-0.39, 0.29) is 11.6 Å². The third kappa shape index (κ3) is 5.83. The van der Waals surface area contributed by atoms with Crippen molar-refractivity contribution in [1.82, 2.24) is 4.90 Å². The first-order chi connectivity index (χ1) is 19.4. The monoisotopic (exact) mass is 675 g/mol. The molecule has 6 nitrogen and oxygen atoms in total. The fourth-order valence-corrected chi connectivity index (χ4v) is 7.08. The van der Waals surface area contributed by atoms with Gasteiger partial charge in [0, 0.05) is 72.1 Å². The highest BCUT2D eigenvalue weighted by atomic mass is 127. The number of methoxy groups -OCH3 is 1. The van der Waals surface area contributed by atoms with Crippen LogP contribution in [0.25, 0.3) is 0 Å². The molecule has 40 heavy (non-hydrogen) atoms. The summed E-state index contributed by atoms with van der Waals surface area (Å²) in [6.07, 6.45) is 5.18. The molecule has 0 bridgehead atoms. The summed E-state index contributed by atoms with van der Waals surface area (Å²) < 4.78 is 18.5. The van der Waals surface area contributed by atoms with Gasteiger partial charge in [-0.3, -0.25) is 9.59 Å². The second kappa shape index (κ2) is 13.1. The largest absolute Gasteiger partial charge is 0.490 e. The molecule has 0 N–H and O–H groups in total. The lowest BCUT2D eigenvalue weighted by Crippen LogP contribution is -2.39. The molecule has 0 aromatic heterocycles. The van der Waals surface area contributed by atoms with Crippen molar-refractivity contribution in [1.29, 1.82) is 0 Å². The first kappa shape index (κ1) is 29.1. The van der Waals surface area contributed by atoms with Crippen molar-refractivity contribution in [3.8, 4) is 11.5 Å². The quantitative estimate of drug-likeness (QED) is 0.194. The van der Waals surface area contributed by atoms with Gasteiger partial charge in [-0.1, -0.05) is 29.8 Å². The van der Waals surface area contributed by atoms with Gasteiger partial charge in [0.1, 0.15) is 6.61 Å². The zero-order valence-electron chi connectivity index (χ0n) is 23.1. The minimum Gasteiger partial charge on any atom is -0.490 e. The second-order valence-corrected chi connectivity index (χ2v) is 11.9. The molecule has 0 radical (unpaired) electrons. The number of ether oxygens (including phenoxy) is 3. The normalized spacial score (nSPS) is 17.8. The van der Waals surface area contributed by atoms with Crippen molar-refractivity contribution in [2.24, 2.45) is 0 Å². The van der Waals surface area contributed by atoms with Crippen LogP contribution in [-0.2, 0) is 20.9 Å². The van der Waals surface area contributed by atoms with E-state index < -0.39 is 5.92 Å². The van der Waals surface area contributed by atoms with Crippen molar-refractivity contribution >= 4 is 45.8 Å². The number of benzene rings is 2. The van der Waals surface area contributed by atoms with Gasteiger partial charge in [-0.05, 0) is 85.4 Å². The van der Waals surface area contributed by atoms with Gasteiger partial charge in [0.2, 0.25) is 0 Å². The number of allylic oxidation sites excluding steroid dienone is 4. The summed E-state index contributed by atoms with van der Waals surface area (Å²) in [7, 11) is 1.70. The number of nitrogens with zero attached hydrogens (tertiary/aromatic N) is 1. The molecule has 0 saturated heterocycles. The third-order valence-corrected chi connectivity index (χ3v) is 8.98. The van der Waals surface area contributed by atoms with Crippen LogP contribution in [0, 0.1) is 3.57 Å². The molecule has 0 atom stereocenters. The number of halogens is 2. The summed E-state index contributed by atoms with van der Waals surface area (Å²) in [4.78, 5) is 29.5. The SMILES string of the molecule is CCOc1cc(C2C3=C(CCCC3=O)N(CCCOC)C3=C2C(=O)CCC3)cc(I)c1OCc1ccccc1Cl. The van der Waals surface area contributed by atoms with Crippen molar-refractivity contribution in [2.45, 2.75) is 64.4 Å². The molecule has 0 spiro atoms. The Balaban J connectivity index is 1.60. The van der Waals surface area contributed by atoms with E-state index in [1.807, 2.05) is 37.3 Å². The van der Waals surface area contributed by atoms with Gasteiger partial charge < -0.3 is 19.1 Å². The zero-order valence-corrected chi connectivity index (χ0v) is 26.0. The fraction of sp³-hybridized carbons (Fsp3) is 0.438. The molecule has 1 aliphatic heterocycles. The average Bonchev–Trinajstić information content (AvgIpc) is 2.94. The molecule has 0 unspecified atom stereocenters. The molecule has 2 aromatic rings. The van der Waals surface area contributed by atoms with Crippen molar-refractivity contribution < 1.29 is 23.8 Å². The maximum absolute atomic E-state index is 13.6. The van der Waals surface area contributed by atoms with E-state index in [2.05, 4.69) is 33.6 Å². The molecule has 0 saturated carbocycles. The van der Waals surface area contributed by atoms with Crippen LogP contribution in [-0.4, -0.2) is 43.3 Å². The van der Waals surface area contributed by atoms with Crippen molar-refractivity contribution in [3.63, 3.8) is 0 Å². The van der Waals surface area contributed by atoms with Gasteiger partial charge in [-0.15, -0.1) is 0 Å². The van der Waals surface area contributed by atoms with Crippen molar-refractivity contribution in [3.05, 3.63) is 78.7 Å². The highest BCUT2D eigenvalue weighted by Crippen LogP contribution is 2.50. The van der Waals surface area contributed by atoms with E-state index in [0.29, 0.717) is 49.2 Å². The Morgan fingerprint density at radius 3 is 2.27 bits per heavy atom. The molecule has 8 heteroatoms. The van der Waals surface area contributed by atoms with E-state index in [1.54, 1.807) is 7.11 Å². The molecule has 1 heterocycles. The number of hydrogen-bond donors (Lipinski definition) is 0. The van der Waals surface area contributed by atoms with Gasteiger partial charge in [-0.25, -0.2) is 0 Å². The first-order valence-electron chi connectivity index (χ1n) is 14.1. The van der Waals surface area contributed by atoms with E-state index in [9.17, 15) is 9.59 Å². The van der Waals surface area contributed by atoms with Crippen LogP contribution < -0.4 is 9.47 Å². The molecule has 2 aliphatic carbocycles. The predicted octanol–water partition coefficient (Wildman–Crippen LogP) is 7.37. The van der Waals surface area contributed by atoms with Gasteiger partial charge in [0.25, 0.3) is 0 Å². The van der Waals surface area contributed by atoms with Gasteiger partial charge in [0.15, 0.2) is 23.1 Å². The Morgan fingerprint density at radius 1 is 0.975 bits per heavy atom. The Labute approximate surface area is 254 Å². The van der Waals surface area contributed by atoms with Crippen LogP contribution in [0.15, 0.2) is 58.9 Å². The molecule has 3 aliphatic rings. The highest BCUT2D eigenvalue weighted by Gasteiger charge is 2.43. The summed E-state index contributed by atoms with van der Waals surface area (Å²) in [5.74, 6) is 1.13. The number of Topliss-reactive ketones (excluding diaryl/α,β-unsaturated/α-hetero) is 2. The summed E-state index contributed by atoms with van der Waals surface area (Å²) in [5, 5.41) is 0.648. The lowest BCUT2D eigenvalue weighted by Gasteiger charge is -2.44. The minimum absolute atomic E-state index is 0.139. The van der Waals surface area contributed by atoms with Gasteiger partial charge in [-0.2, -0.15) is 0 Å². The lowest BCUT2D eigenvalue weighted by molar-refractivity contribution is -0.117. The van der Waals surface area contributed by atoms with E-state index in [1.165, 1.54) is 0 Å². The number of rotatable bonds is 10. The van der Waals surface area contributed by atoms with Crippen molar-refractivity contribution in [2.75, 3.05) is 26.9 Å². The number of ketones is 2. The molecular formula is C32H35ClINO5. The maximum atomic E-state index is 13.6. The van der Waals surface area contributed by atoms with Crippen LogP contribution in [0.2, 0.25) is 5.02 Å². The van der Waals surface area contributed by atoms with E-state index in [4.69, 9.17) is 25.8 Å². The molecular weight excluding hydrogens is 641 g/mol. The van der Waals surface area contributed by atoms with Crippen LogP contribution in [0.5, 0.6) is 11.5 Å². The second-order valence-electron chi connectivity index (χ2n) is 10.3. The molecule has 2 aromatic carbocycles. The van der Waals surface area contributed by atoms with Crippen LogP contribution in [0.1, 0.15) is 68.9 Å². The summed E-state index contributed by atoms with van der Waals surface area (Å²) in [5.41, 5.74) is 5.51. The average molecular weight is 676 g/mol. The molecule has 0 fully saturated rings. The fourth-order valence-electron chi connectivity index (χ4n) is 6.11. The predicted molar refractivity (Wildman–Crippen MR) is 164 cm³/mol. The highest BCUT2D eigenvalue weighted by molar-refractivity contribution is 14.1. The molecule has 212 valence electrons. The smallest absolute Gasteiger partial charge is 0.174 e. The topological polar surface area (TPSA) is 65.1 Å². The minimum atomic E-state index is -0.394. The molecule has 5 rings (SSSR count). The van der Waals surface area contributed by atoms with E-state index >= 15 is 0 Å². The molecule has 0 amide bonds. The van der Waals surface area contributed by atoms with Crippen LogP contribution in [0.4, 0.5) is 0 Å². The third-order valence-electron chi connectivity index (χ3n) is 7.81. The zero-order chi connectivity index (χ0) is 28.2. The number of carbonyl (C=O) groups is 2. The standard InChI is InChI=1S/C32H35ClINO5/c1-3-39-28-18-21(17-23(34)32(28)40-19-20-9-4-5-10-22(20)33)29-30-24(11-6-13-26(30)36)35(15-8-16-38-2)25-12-7-14-27(37)31(25)29/h4-5,9-10,17-18,29H,3,6-8,11-16,19H2,1-2H3. The summed E-state index contributed by atoms with van der Waals surface area (Å²) >= 11 is 8.64. The Bertz CT molecular complexity index is 1320. The van der Waals surface area contributed by atoms with E-state index in [0.717, 1.165) is 75.9 Å². The van der Waals surface area contributed by atoms with Crippen LogP contribution in [0.3, 0.4) is 0 Å². The lowest BCUT2D eigenvalue weighted by atomic mass is 9.71. The van der Waals surface area contributed by atoms with Crippen LogP contribution >= 0.6 is 34.2 Å². The van der Waals surface area contributed by atoms with Gasteiger partial charge in [0.05, 0.1) is 10.2 Å².